The number of hydrogen-bond acceptors (Lipinski definition) is 5. The summed E-state index contributed by atoms with van der Waals surface area (Å²) >= 11 is 0. The average molecular weight is 485 g/mol. The van der Waals surface area contributed by atoms with E-state index in [4.69, 9.17) is 9.47 Å². The predicted molar refractivity (Wildman–Crippen MR) is 143 cm³/mol. The molecule has 0 saturated heterocycles. The molecule has 2 N–H and O–H groups in total. The van der Waals surface area contributed by atoms with Crippen LogP contribution < -0.4 is 14.9 Å². The van der Waals surface area contributed by atoms with Crippen molar-refractivity contribution in [2.75, 3.05) is 14.2 Å². The van der Waals surface area contributed by atoms with Crippen LogP contribution in [0.1, 0.15) is 102 Å². The van der Waals surface area contributed by atoms with Crippen molar-refractivity contribution in [3.8, 4) is 22.8 Å². The summed E-state index contributed by atoms with van der Waals surface area (Å²) in [6.07, 6.45) is 20.6. The Morgan fingerprint density at radius 1 is 0.914 bits per heavy atom. The molecule has 0 radical (unpaired) electrons. The van der Waals surface area contributed by atoms with Gasteiger partial charge in [0.15, 0.2) is 11.5 Å². The van der Waals surface area contributed by atoms with Crippen molar-refractivity contribution in [1.82, 2.24) is 15.6 Å². The Bertz CT molecular complexity index is 879. The molecule has 0 unspecified atom stereocenters. The molecular weight excluding hydrogens is 440 g/mol. The highest BCUT2D eigenvalue weighted by molar-refractivity contribution is 5.89. The molecule has 0 atom stereocenters. The maximum absolute atomic E-state index is 12.1. The highest BCUT2D eigenvalue weighted by Gasteiger charge is 2.10. The number of ether oxygens (including phenoxy) is 2. The Morgan fingerprint density at radius 3 is 2.11 bits per heavy atom. The summed E-state index contributed by atoms with van der Waals surface area (Å²) in [6, 6.07) is 5.63. The molecule has 35 heavy (non-hydrogen) atoms. The number of H-pyrrole nitrogens is 1. The number of aromatic amines is 1. The van der Waals surface area contributed by atoms with Gasteiger partial charge in [-0.1, -0.05) is 84.0 Å². The van der Waals surface area contributed by atoms with Gasteiger partial charge in [-0.25, -0.2) is 5.43 Å². The summed E-state index contributed by atoms with van der Waals surface area (Å²) in [6.45, 7) is 2.27. The second-order valence-corrected chi connectivity index (χ2v) is 9.06. The lowest BCUT2D eigenvalue weighted by atomic mass is 10.0. The van der Waals surface area contributed by atoms with Gasteiger partial charge in [-0.3, -0.25) is 9.89 Å². The van der Waals surface area contributed by atoms with Crippen LogP contribution in [0.15, 0.2) is 29.5 Å². The van der Waals surface area contributed by atoms with E-state index in [1.807, 2.05) is 18.2 Å². The third-order valence-electron chi connectivity index (χ3n) is 6.24. The Hall–Kier alpha value is -2.83. The number of rotatable bonds is 19. The van der Waals surface area contributed by atoms with E-state index in [2.05, 4.69) is 27.6 Å². The first-order valence-corrected chi connectivity index (χ1v) is 13.3. The molecule has 194 valence electrons. The zero-order chi connectivity index (χ0) is 25.1. The number of hydrazone groups is 1. The Kier molecular flexibility index (Phi) is 14.3. The van der Waals surface area contributed by atoms with Gasteiger partial charge in [0, 0.05) is 17.5 Å². The number of nitrogens with zero attached hydrogens (tertiary/aromatic N) is 2. The minimum Gasteiger partial charge on any atom is -0.493 e. The van der Waals surface area contributed by atoms with E-state index in [1.54, 1.807) is 26.6 Å². The fraction of sp³-hybridized carbons (Fsp3) is 0.607. The fourth-order valence-electron chi connectivity index (χ4n) is 4.15. The number of carbonyl (C=O) groups is 1. The van der Waals surface area contributed by atoms with Gasteiger partial charge in [-0.05, 0) is 24.6 Å². The first-order valence-electron chi connectivity index (χ1n) is 13.3. The summed E-state index contributed by atoms with van der Waals surface area (Å²) in [5.74, 6) is 1.24. The van der Waals surface area contributed by atoms with Crippen molar-refractivity contribution in [2.45, 2.75) is 96.8 Å². The monoisotopic (exact) mass is 484 g/mol. The largest absolute Gasteiger partial charge is 0.493 e. The molecule has 7 nitrogen and oxygen atoms in total. The van der Waals surface area contributed by atoms with Gasteiger partial charge in [0.1, 0.15) is 0 Å². The van der Waals surface area contributed by atoms with E-state index in [0.717, 1.165) is 29.7 Å². The molecule has 2 rings (SSSR count). The third-order valence-corrected chi connectivity index (χ3v) is 6.24. The van der Waals surface area contributed by atoms with Crippen LogP contribution >= 0.6 is 0 Å². The number of aromatic nitrogens is 2. The summed E-state index contributed by atoms with van der Waals surface area (Å²) in [5, 5.41) is 11.2. The Morgan fingerprint density at radius 2 is 1.51 bits per heavy atom. The van der Waals surface area contributed by atoms with Crippen molar-refractivity contribution in [1.29, 1.82) is 0 Å². The molecule has 0 saturated carbocycles. The van der Waals surface area contributed by atoms with E-state index in [1.165, 1.54) is 70.6 Å². The minimum absolute atomic E-state index is 0.0551. The number of hydrogen-bond donors (Lipinski definition) is 2. The highest BCUT2D eigenvalue weighted by atomic mass is 16.5. The maximum atomic E-state index is 12.1. The first-order chi connectivity index (χ1) is 17.2. The fourth-order valence-corrected chi connectivity index (χ4v) is 4.15. The first kappa shape index (κ1) is 28.4. The third kappa shape index (κ3) is 11.0. The topological polar surface area (TPSA) is 88.6 Å². The van der Waals surface area contributed by atoms with Crippen LogP contribution in [0, 0.1) is 0 Å². The van der Waals surface area contributed by atoms with E-state index >= 15 is 0 Å². The zero-order valence-electron chi connectivity index (χ0n) is 21.9. The molecule has 0 aliphatic heterocycles. The molecule has 1 amide bonds. The van der Waals surface area contributed by atoms with E-state index < -0.39 is 0 Å². The molecule has 0 fully saturated rings. The van der Waals surface area contributed by atoms with Crippen LogP contribution in [-0.4, -0.2) is 36.5 Å². The van der Waals surface area contributed by atoms with Crippen molar-refractivity contribution in [3.63, 3.8) is 0 Å². The highest BCUT2D eigenvalue weighted by Crippen LogP contribution is 2.32. The Labute approximate surface area is 211 Å². The standard InChI is InChI=1S/C28H44N4O3/c1-4-5-6-7-8-9-10-11-12-13-14-15-16-17-27(33)31-29-21-24-22-30-32-28(24)23-18-19-25(34-2)26(20-23)35-3/h18-22H,4-17H2,1-3H3,(H,30,32)(H,31,33)/b29-21+. The summed E-state index contributed by atoms with van der Waals surface area (Å²) in [5.41, 5.74) is 5.09. The van der Waals surface area contributed by atoms with Crippen LogP contribution in [-0.2, 0) is 4.79 Å². The van der Waals surface area contributed by atoms with Crippen molar-refractivity contribution in [3.05, 3.63) is 30.0 Å². The second kappa shape index (κ2) is 17.6. The molecule has 1 aromatic heterocycles. The van der Waals surface area contributed by atoms with E-state index in [9.17, 15) is 4.79 Å². The van der Waals surface area contributed by atoms with Crippen LogP contribution in [0.3, 0.4) is 0 Å². The number of nitrogens with one attached hydrogen (secondary N) is 2. The Balaban J connectivity index is 1.59. The van der Waals surface area contributed by atoms with Crippen molar-refractivity contribution < 1.29 is 14.3 Å². The van der Waals surface area contributed by atoms with Gasteiger partial charge in [0.25, 0.3) is 0 Å². The number of carbonyl (C=O) groups excluding carboxylic acids is 1. The minimum atomic E-state index is -0.0551. The molecule has 0 bridgehead atoms. The van der Waals surface area contributed by atoms with Crippen LogP contribution in [0.5, 0.6) is 11.5 Å². The van der Waals surface area contributed by atoms with Gasteiger partial charge >= 0.3 is 0 Å². The van der Waals surface area contributed by atoms with Crippen molar-refractivity contribution in [2.24, 2.45) is 5.10 Å². The SMILES string of the molecule is CCCCCCCCCCCCCCCC(=O)N/N=C/c1cn[nH]c1-c1ccc(OC)c(OC)c1. The number of amides is 1. The van der Waals surface area contributed by atoms with Crippen LogP contribution in [0.25, 0.3) is 11.3 Å². The molecular formula is C28H44N4O3. The molecule has 0 aliphatic carbocycles. The van der Waals surface area contributed by atoms with Crippen LogP contribution in [0.4, 0.5) is 0 Å². The zero-order valence-corrected chi connectivity index (χ0v) is 21.9. The molecule has 0 spiro atoms. The number of unbranched alkanes of at least 4 members (excludes halogenated alkanes) is 12. The molecule has 1 aromatic carbocycles. The summed E-state index contributed by atoms with van der Waals surface area (Å²) in [7, 11) is 3.20. The van der Waals surface area contributed by atoms with Gasteiger partial charge in [0.05, 0.1) is 32.3 Å². The molecule has 7 heteroatoms. The predicted octanol–water partition coefficient (Wildman–Crippen LogP) is 7.03. The van der Waals surface area contributed by atoms with Crippen molar-refractivity contribution >= 4 is 12.1 Å². The number of benzene rings is 1. The van der Waals surface area contributed by atoms with Gasteiger partial charge in [-0.15, -0.1) is 0 Å². The summed E-state index contributed by atoms with van der Waals surface area (Å²) < 4.78 is 10.7. The second-order valence-electron chi connectivity index (χ2n) is 9.06. The quantitative estimate of drug-likeness (QED) is 0.127. The van der Waals surface area contributed by atoms with E-state index in [-0.39, 0.29) is 5.91 Å². The average Bonchev–Trinajstić information content (AvgIpc) is 3.35. The molecule has 0 aliphatic rings. The smallest absolute Gasteiger partial charge is 0.240 e. The van der Waals surface area contributed by atoms with Crippen LogP contribution in [0.2, 0.25) is 0 Å². The van der Waals surface area contributed by atoms with Gasteiger partial charge in [0.2, 0.25) is 5.91 Å². The normalized spacial score (nSPS) is 11.2. The van der Waals surface area contributed by atoms with Gasteiger partial charge in [-0.2, -0.15) is 10.2 Å². The van der Waals surface area contributed by atoms with E-state index in [0.29, 0.717) is 17.9 Å². The molecule has 1 heterocycles. The number of methoxy groups -OCH3 is 2. The maximum Gasteiger partial charge on any atom is 0.240 e. The lowest BCUT2D eigenvalue weighted by molar-refractivity contribution is -0.121. The summed E-state index contributed by atoms with van der Waals surface area (Å²) in [4.78, 5) is 12.1. The molecule has 2 aromatic rings. The van der Waals surface area contributed by atoms with Gasteiger partial charge < -0.3 is 9.47 Å². The lowest BCUT2D eigenvalue weighted by Gasteiger charge is -2.09. The lowest BCUT2D eigenvalue weighted by Crippen LogP contribution is -2.16.